The number of benzene rings is 1. The average molecular weight is 294 g/mol. The lowest BCUT2D eigenvalue weighted by molar-refractivity contribution is -0.117. The average Bonchev–Trinajstić information content (AvgIpc) is 2.44. The predicted molar refractivity (Wildman–Crippen MR) is 82.6 cm³/mol. The zero-order valence-electron chi connectivity index (χ0n) is 12.4. The fourth-order valence-corrected chi connectivity index (χ4v) is 2.53. The van der Waals surface area contributed by atoms with Gasteiger partial charge in [-0.25, -0.2) is 4.39 Å². The Hall–Kier alpha value is -1.66. The summed E-state index contributed by atoms with van der Waals surface area (Å²) in [5.74, 6) is -0.519. The van der Waals surface area contributed by atoms with Crippen LogP contribution in [0.25, 0.3) is 0 Å². The first-order chi connectivity index (χ1) is 10.1. The number of nitrogen functional groups attached to an aromatic ring is 1. The second-order valence-corrected chi connectivity index (χ2v) is 5.40. The summed E-state index contributed by atoms with van der Waals surface area (Å²) in [6.07, 6.45) is 1.16. The van der Waals surface area contributed by atoms with Gasteiger partial charge < -0.3 is 16.0 Å². The summed E-state index contributed by atoms with van der Waals surface area (Å²) in [6.45, 7) is 7.42. The maximum atomic E-state index is 13.0. The van der Waals surface area contributed by atoms with Crippen LogP contribution in [0.2, 0.25) is 0 Å². The monoisotopic (exact) mass is 294 g/mol. The number of nitrogens with zero attached hydrogens (tertiary/aromatic N) is 2. The lowest BCUT2D eigenvalue weighted by Crippen LogP contribution is -2.48. The van der Waals surface area contributed by atoms with E-state index in [1.807, 2.05) is 0 Å². The van der Waals surface area contributed by atoms with Crippen LogP contribution in [-0.2, 0) is 4.79 Å². The quantitative estimate of drug-likeness (QED) is 0.805. The van der Waals surface area contributed by atoms with Crippen molar-refractivity contribution in [2.24, 2.45) is 0 Å². The molecule has 2 rings (SSSR count). The fraction of sp³-hybridized carbons (Fsp3) is 0.533. The van der Waals surface area contributed by atoms with Crippen molar-refractivity contribution in [1.82, 2.24) is 9.80 Å². The fourth-order valence-electron chi connectivity index (χ4n) is 2.53. The van der Waals surface area contributed by atoms with E-state index in [1.165, 1.54) is 18.2 Å². The first-order valence-corrected chi connectivity index (χ1v) is 7.38. The first kappa shape index (κ1) is 15.7. The molecule has 116 valence electrons. The van der Waals surface area contributed by atoms with E-state index in [0.717, 1.165) is 39.1 Å². The molecule has 0 aliphatic carbocycles. The number of hydrogen-bond acceptors (Lipinski definition) is 4. The molecule has 1 fully saturated rings. The van der Waals surface area contributed by atoms with Gasteiger partial charge in [0.25, 0.3) is 0 Å². The van der Waals surface area contributed by atoms with Gasteiger partial charge in [-0.1, -0.05) is 6.92 Å². The van der Waals surface area contributed by atoms with Gasteiger partial charge in [-0.2, -0.15) is 0 Å². The van der Waals surface area contributed by atoms with Crippen LogP contribution < -0.4 is 11.1 Å². The number of anilines is 2. The molecule has 21 heavy (non-hydrogen) atoms. The molecule has 1 aliphatic heterocycles. The number of amides is 1. The number of hydrogen-bond donors (Lipinski definition) is 2. The molecular formula is C15H23FN4O. The molecule has 0 radical (unpaired) electrons. The van der Waals surface area contributed by atoms with Crippen molar-refractivity contribution in [2.75, 3.05) is 50.3 Å². The summed E-state index contributed by atoms with van der Waals surface area (Å²) in [7, 11) is 0. The van der Waals surface area contributed by atoms with Crippen molar-refractivity contribution >= 4 is 17.3 Å². The van der Waals surface area contributed by atoms with Crippen molar-refractivity contribution < 1.29 is 9.18 Å². The highest BCUT2D eigenvalue weighted by Gasteiger charge is 2.18. The van der Waals surface area contributed by atoms with E-state index in [4.69, 9.17) is 5.73 Å². The molecule has 1 saturated heterocycles. The van der Waals surface area contributed by atoms with E-state index in [0.29, 0.717) is 12.2 Å². The standard InChI is InChI=1S/C15H23FN4O/c1-2-5-19-6-8-20(9-7-19)11-15(21)18-14-4-3-12(16)10-13(14)17/h3-4,10H,2,5-9,11,17H2,1H3,(H,18,21). The second kappa shape index (κ2) is 7.38. The molecule has 0 saturated carbocycles. The molecule has 0 bridgehead atoms. The minimum absolute atomic E-state index is 0.114. The number of nitrogens with one attached hydrogen (secondary N) is 1. The van der Waals surface area contributed by atoms with Gasteiger partial charge in [0, 0.05) is 26.2 Å². The van der Waals surface area contributed by atoms with Crippen LogP contribution in [-0.4, -0.2) is 55.0 Å². The molecule has 1 heterocycles. The highest BCUT2D eigenvalue weighted by Crippen LogP contribution is 2.19. The van der Waals surface area contributed by atoms with Crippen molar-refractivity contribution in [3.63, 3.8) is 0 Å². The molecule has 0 aromatic heterocycles. The molecule has 1 amide bonds. The minimum Gasteiger partial charge on any atom is -0.397 e. The smallest absolute Gasteiger partial charge is 0.238 e. The number of carbonyl (C=O) groups is 1. The highest BCUT2D eigenvalue weighted by atomic mass is 19.1. The molecule has 0 spiro atoms. The van der Waals surface area contributed by atoms with Gasteiger partial charge in [0.1, 0.15) is 5.82 Å². The van der Waals surface area contributed by atoms with Crippen LogP contribution in [0.5, 0.6) is 0 Å². The number of carbonyl (C=O) groups excluding carboxylic acids is 1. The van der Waals surface area contributed by atoms with Crippen molar-refractivity contribution in [2.45, 2.75) is 13.3 Å². The van der Waals surface area contributed by atoms with Crippen LogP contribution in [0.4, 0.5) is 15.8 Å². The summed E-state index contributed by atoms with van der Waals surface area (Å²) in [5.41, 5.74) is 6.39. The zero-order chi connectivity index (χ0) is 15.2. The number of nitrogens with two attached hydrogens (primary N) is 1. The lowest BCUT2D eigenvalue weighted by Gasteiger charge is -2.34. The van der Waals surface area contributed by atoms with Gasteiger partial charge in [0.05, 0.1) is 17.9 Å². The van der Waals surface area contributed by atoms with Crippen molar-refractivity contribution in [3.8, 4) is 0 Å². The third-order valence-electron chi connectivity index (χ3n) is 3.66. The van der Waals surface area contributed by atoms with Gasteiger partial charge in [-0.3, -0.25) is 9.69 Å². The lowest BCUT2D eigenvalue weighted by atomic mass is 10.2. The molecule has 6 heteroatoms. The topological polar surface area (TPSA) is 61.6 Å². The normalized spacial score (nSPS) is 16.9. The largest absolute Gasteiger partial charge is 0.397 e. The molecule has 5 nitrogen and oxygen atoms in total. The van der Waals surface area contributed by atoms with Gasteiger partial charge in [0.15, 0.2) is 0 Å². The zero-order valence-corrected chi connectivity index (χ0v) is 12.4. The van der Waals surface area contributed by atoms with E-state index >= 15 is 0 Å². The van der Waals surface area contributed by atoms with Crippen LogP contribution >= 0.6 is 0 Å². The Morgan fingerprint density at radius 1 is 1.29 bits per heavy atom. The number of rotatable bonds is 5. The molecule has 0 atom stereocenters. The maximum absolute atomic E-state index is 13.0. The number of halogens is 1. The summed E-state index contributed by atoms with van der Waals surface area (Å²) >= 11 is 0. The van der Waals surface area contributed by atoms with Crippen LogP contribution in [0, 0.1) is 5.82 Å². The van der Waals surface area contributed by atoms with E-state index in [-0.39, 0.29) is 11.6 Å². The van der Waals surface area contributed by atoms with Crippen LogP contribution in [0.1, 0.15) is 13.3 Å². The third kappa shape index (κ3) is 4.68. The maximum Gasteiger partial charge on any atom is 0.238 e. The van der Waals surface area contributed by atoms with Crippen LogP contribution in [0.15, 0.2) is 18.2 Å². The van der Waals surface area contributed by atoms with E-state index in [2.05, 4.69) is 22.0 Å². The molecule has 1 aromatic rings. The molecular weight excluding hydrogens is 271 g/mol. The SMILES string of the molecule is CCCN1CCN(CC(=O)Nc2ccc(F)cc2N)CC1. The highest BCUT2D eigenvalue weighted by molar-refractivity contribution is 5.95. The summed E-state index contributed by atoms with van der Waals surface area (Å²) in [6, 6.07) is 3.98. The van der Waals surface area contributed by atoms with Gasteiger partial charge >= 0.3 is 0 Å². The van der Waals surface area contributed by atoms with Crippen LogP contribution in [0.3, 0.4) is 0 Å². The van der Waals surface area contributed by atoms with Gasteiger partial charge in [-0.15, -0.1) is 0 Å². The molecule has 1 aromatic carbocycles. The molecule has 0 unspecified atom stereocenters. The van der Waals surface area contributed by atoms with E-state index < -0.39 is 5.82 Å². The Kier molecular flexibility index (Phi) is 5.52. The van der Waals surface area contributed by atoms with Gasteiger partial charge in [-0.05, 0) is 31.2 Å². The summed E-state index contributed by atoms with van der Waals surface area (Å²) in [4.78, 5) is 16.5. The van der Waals surface area contributed by atoms with E-state index in [9.17, 15) is 9.18 Å². The Morgan fingerprint density at radius 2 is 1.95 bits per heavy atom. The summed E-state index contributed by atoms with van der Waals surface area (Å²) in [5, 5.41) is 2.74. The Morgan fingerprint density at radius 3 is 2.57 bits per heavy atom. The Balaban J connectivity index is 1.80. The Bertz CT molecular complexity index is 487. The van der Waals surface area contributed by atoms with Crippen molar-refractivity contribution in [3.05, 3.63) is 24.0 Å². The molecule has 3 N–H and O–H groups in total. The van der Waals surface area contributed by atoms with E-state index in [1.54, 1.807) is 0 Å². The minimum atomic E-state index is -0.405. The third-order valence-corrected chi connectivity index (χ3v) is 3.66. The first-order valence-electron chi connectivity index (χ1n) is 7.38. The number of piperazine rings is 1. The molecule has 1 aliphatic rings. The second-order valence-electron chi connectivity index (χ2n) is 5.40. The van der Waals surface area contributed by atoms with Crippen molar-refractivity contribution in [1.29, 1.82) is 0 Å². The predicted octanol–water partition coefficient (Wildman–Crippen LogP) is 1.37. The summed E-state index contributed by atoms with van der Waals surface area (Å²) < 4.78 is 13.0. The van der Waals surface area contributed by atoms with Gasteiger partial charge in [0.2, 0.25) is 5.91 Å². The Labute approximate surface area is 124 Å².